The molecule has 0 fully saturated rings. The number of aromatic nitrogens is 4. The van der Waals surface area contributed by atoms with Gasteiger partial charge in [-0.3, -0.25) is 0 Å². The van der Waals surface area contributed by atoms with Crippen LogP contribution in [0.2, 0.25) is 5.02 Å². The molecule has 7 nitrogen and oxygen atoms in total. The molecule has 0 aliphatic carbocycles. The van der Waals surface area contributed by atoms with Crippen LogP contribution in [0.5, 0.6) is 0 Å². The lowest BCUT2D eigenvalue weighted by Gasteiger charge is -2.16. The summed E-state index contributed by atoms with van der Waals surface area (Å²) < 4.78 is 15.5. The molecule has 3 rings (SSSR count). The molecule has 0 spiro atoms. The zero-order valence-electron chi connectivity index (χ0n) is 11.6. The van der Waals surface area contributed by atoms with Gasteiger partial charge in [0.15, 0.2) is 11.6 Å². The van der Waals surface area contributed by atoms with E-state index in [0.717, 1.165) is 12.2 Å². The molecule has 1 aliphatic rings. The maximum atomic E-state index is 13.7. The monoisotopic (exact) mass is 324 g/mol. The average molecular weight is 325 g/mol. The highest BCUT2D eigenvalue weighted by Crippen LogP contribution is 2.22. The van der Waals surface area contributed by atoms with E-state index in [2.05, 4.69) is 26.2 Å². The zero-order valence-corrected chi connectivity index (χ0v) is 12.3. The Morgan fingerprint density at radius 1 is 1.41 bits per heavy atom. The summed E-state index contributed by atoms with van der Waals surface area (Å²) in [6.45, 7) is 0.638. The van der Waals surface area contributed by atoms with Crippen molar-refractivity contribution in [2.75, 3.05) is 5.32 Å². The summed E-state index contributed by atoms with van der Waals surface area (Å²) in [7, 11) is 0. The third-order valence-corrected chi connectivity index (χ3v) is 3.84. The Bertz CT molecular complexity index is 668. The molecule has 2 aromatic rings. The first-order valence-corrected chi connectivity index (χ1v) is 7.28. The molecule has 1 aromatic carbocycles. The van der Waals surface area contributed by atoms with Gasteiger partial charge in [0.05, 0.1) is 10.7 Å². The van der Waals surface area contributed by atoms with Gasteiger partial charge in [0.1, 0.15) is 0 Å². The predicted octanol–water partition coefficient (Wildman–Crippen LogP) is 1.99. The fourth-order valence-corrected chi connectivity index (χ4v) is 2.56. The minimum absolute atomic E-state index is 0.0312. The number of nitrogens with one attached hydrogen (secondary N) is 2. The number of halogens is 2. The molecular weight excluding hydrogens is 311 g/mol. The van der Waals surface area contributed by atoms with Crippen molar-refractivity contribution >= 4 is 23.3 Å². The number of carbonyl (C=O) groups excluding carboxylic acids is 1. The van der Waals surface area contributed by atoms with Gasteiger partial charge in [0, 0.05) is 19.0 Å². The quantitative estimate of drug-likeness (QED) is 0.884. The van der Waals surface area contributed by atoms with Crippen molar-refractivity contribution in [3.8, 4) is 0 Å². The Labute approximate surface area is 130 Å². The van der Waals surface area contributed by atoms with E-state index in [1.165, 1.54) is 12.1 Å². The van der Waals surface area contributed by atoms with Crippen LogP contribution < -0.4 is 10.6 Å². The molecule has 2 heterocycles. The molecule has 9 heteroatoms. The van der Waals surface area contributed by atoms with Gasteiger partial charge < -0.3 is 10.6 Å². The van der Waals surface area contributed by atoms with Gasteiger partial charge in [-0.15, -0.1) is 5.10 Å². The molecule has 0 saturated carbocycles. The highest BCUT2D eigenvalue weighted by atomic mass is 35.5. The highest BCUT2D eigenvalue weighted by molar-refractivity contribution is 6.31. The fraction of sp³-hybridized carbons (Fsp3) is 0.385. The lowest BCUT2D eigenvalue weighted by Crippen LogP contribution is -2.38. The van der Waals surface area contributed by atoms with E-state index in [-0.39, 0.29) is 16.8 Å². The Hall–Kier alpha value is -2.22. The number of nitrogens with zero attached hydrogens (tertiary/aromatic N) is 4. The van der Waals surface area contributed by atoms with Crippen LogP contribution in [0.25, 0.3) is 0 Å². The summed E-state index contributed by atoms with van der Waals surface area (Å²) in [5.74, 6) is 0.168. The SMILES string of the molecule is O=C(Nc1cccc(Cl)c1F)NC1CCc2nnnn2CC1. The number of carbonyl (C=O) groups is 1. The molecule has 2 N–H and O–H groups in total. The second-order valence-electron chi connectivity index (χ2n) is 5.04. The number of hydrogen-bond donors (Lipinski definition) is 2. The normalized spacial score (nSPS) is 17.5. The average Bonchev–Trinajstić information content (AvgIpc) is 2.86. The van der Waals surface area contributed by atoms with Crippen LogP contribution in [0, 0.1) is 5.82 Å². The summed E-state index contributed by atoms with van der Waals surface area (Å²) in [5, 5.41) is 16.7. The maximum absolute atomic E-state index is 13.7. The van der Waals surface area contributed by atoms with Gasteiger partial charge >= 0.3 is 6.03 Å². The van der Waals surface area contributed by atoms with Crippen LogP contribution >= 0.6 is 11.6 Å². The Morgan fingerprint density at radius 2 is 2.27 bits per heavy atom. The topological polar surface area (TPSA) is 84.7 Å². The highest BCUT2D eigenvalue weighted by Gasteiger charge is 2.20. The number of amides is 2. The van der Waals surface area contributed by atoms with Crippen molar-refractivity contribution in [2.24, 2.45) is 0 Å². The number of benzene rings is 1. The van der Waals surface area contributed by atoms with E-state index in [1.54, 1.807) is 10.7 Å². The van der Waals surface area contributed by atoms with Crippen LogP contribution in [-0.4, -0.2) is 32.3 Å². The van der Waals surface area contributed by atoms with Gasteiger partial charge in [-0.2, -0.15) is 0 Å². The maximum Gasteiger partial charge on any atom is 0.319 e. The van der Waals surface area contributed by atoms with Crippen LogP contribution in [0.4, 0.5) is 14.9 Å². The first-order chi connectivity index (χ1) is 10.6. The number of hydrogen-bond acceptors (Lipinski definition) is 4. The van der Waals surface area contributed by atoms with Gasteiger partial charge in [-0.05, 0) is 35.4 Å². The summed E-state index contributed by atoms with van der Waals surface area (Å²) in [4.78, 5) is 12.0. The van der Waals surface area contributed by atoms with E-state index < -0.39 is 11.8 Å². The summed E-state index contributed by atoms with van der Waals surface area (Å²) in [6.07, 6.45) is 2.12. The minimum atomic E-state index is -0.643. The van der Waals surface area contributed by atoms with Crippen molar-refractivity contribution < 1.29 is 9.18 Å². The van der Waals surface area contributed by atoms with E-state index >= 15 is 0 Å². The van der Waals surface area contributed by atoms with E-state index in [4.69, 9.17) is 11.6 Å². The molecule has 0 bridgehead atoms. The third kappa shape index (κ3) is 3.16. The van der Waals surface area contributed by atoms with Crippen molar-refractivity contribution in [1.29, 1.82) is 0 Å². The van der Waals surface area contributed by atoms with Crippen LogP contribution in [0.1, 0.15) is 18.7 Å². The minimum Gasteiger partial charge on any atom is -0.335 e. The van der Waals surface area contributed by atoms with Gasteiger partial charge in [0.25, 0.3) is 0 Å². The number of urea groups is 1. The molecule has 22 heavy (non-hydrogen) atoms. The number of fused-ring (bicyclic) bond motifs is 1. The number of rotatable bonds is 2. The van der Waals surface area contributed by atoms with Gasteiger partial charge in [-0.25, -0.2) is 13.9 Å². The van der Waals surface area contributed by atoms with Crippen molar-refractivity contribution in [3.63, 3.8) is 0 Å². The number of aryl methyl sites for hydroxylation is 2. The smallest absolute Gasteiger partial charge is 0.319 e. The molecule has 1 atom stereocenters. The zero-order chi connectivity index (χ0) is 15.5. The standard InChI is InChI=1S/C13H14ClFN6O/c14-9-2-1-3-10(12(9)15)17-13(22)16-8-4-5-11-18-19-20-21(11)7-6-8/h1-3,8H,4-7H2,(H2,16,17,22). The molecule has 2 amide bonds. The summed E-state index contributed by atoms with van der Waals surface area (Å²) in [6, 6.07) is 3.96. The summed E-state index contributed by atoms with van der Waals surface area (Å²) >= 11 is 5.68. The number of tetrazole rings is 1. The van der Waals surface area contributed by atoms with E-state index in [0.29, 0.717) is 19.4 Å². The van der Waals surface area contributed by atoms with Gasteiger partial charge in [-0.1, -0.05) is 17.7 Å². The lowest BCUT2D eigenvalue weighted by molar-refractivity contribution is 0.246. The molecule has 1 unspecified atom stereocenters. The molecular formula is C13H14ClFN6O. The first-order valence-electron chi connectivity index (χ1n) is 6.90. The molecule has 116 valence electrons. The van der Waals surface area contributed by atoms with Crippen LogP contribution in [0.15, 0.2) is 18.2 Å². The lowest BCUT2D eigenvalue weighted by atomic mass is 10.1. The summed E-state index contributed by atoms with van der Waals surface area (Å²) in [5.41, 5.74) is 0.0532. The molecule has 0 radical (unpaired) electrons. The van der Waals surface area contributed by atoms with Crippen LogP contribution in [0.3, 0.4) is 0 Å². The van der Waals surface area contributed by atoms with E-state index in [9.17, 15) is 9.18 Å². The fourth-order valence-electron chi connectivity index (χ4n) is 2.39. The van der Waals surface area contributed by atoms with E-state index in [1.807, 2.05) is 0 Å². The molecule has 0 saturated heterocycles. The second-order valence-corrected chi connectivity index (χ2v) is 5.45. The Morgan fingerprint density at radius 3 is 3.14 bits per heavy atom. The second kappa shape index (κ2) is 6.27. The van der Waals surface area contributed by atoms with Crippen molar-refractivity contribution in [2.45, 2.75) is 31.8 Å². The number of anilines is 1. The van der Waals surface area contributed by atoms with Crippen molar-refractivity contribution in [3.05, 3.63) is 34.9 Å². The molecule has 1 aromatic heterocycles. The molecule has 1 aliphatic heterocycles. The Balaban J connectivity index is 1.58. The largest absolute Gasteiger partial charge is 0.335 e. The van der Waals surface area contributed by atoms with Gasteiger partial charge in [0.2, 0.25) is 0 Å². The van der Waals surface area contributed by atoms with Crippen LogP contribution in [-0.2, 0) is 13.0 Å². The van der Waals surface area contributed by atoms with Crippen molar-refractivity contribution in [1.82, 2.24) is 25.5 Å². The Kier molecular flexibility index (Phi) is 4.19. The first kappa shape index (κ1) is 14.7. The third-order valence-electron chi connectivity index (χ3n) is 3.55. The predicted molar refractivity (Wildman–Crippen MR) is 78.1 cm³/mol.